The van der Waals surface area contributed by atoms with Crippen LogP contribution in [0.4, 0.5) is 0 Å². The highest BCUT2D eigenvalue weighted by Crippen LogP contribution is 2.31. The van der Waals surface area contributed by atoms with E-state index in [1.165, 1.54) is 88.2 Å². The van der Waals surface area contributed by atoms with Gasteiger partial charge in [-0.1, -0.05) is 121 Å². The fourth-order valence-corrected chi connectivity index (χ4v) is 9.12. The number of aryl methyl sites for hydroxylation is 2. The maximum absolute atomic E-state index is 13.4. The highest BCUT2D eigenvalue weighted by atomic mass is 16.5. The molecule has 2 heterocycles. The molecule has 77 heavy (non-hydrogen) atoms. The summed E-state index contributed by atoms with van der Waals surface area (Å²) < 4.78 is 30.6. The second-order valence-electron chi connectivity index (χ2n) is 20.1. The number of benzene rings is 5. The molecule has 0 aliphatic heterocycles. The smallest absolute Gasteiger partial charge is 0.343 e. The molecule has 10 heteroatoms. The van der Waals surface area contributed by atoms with Crippen LogP contribution >= 0.6 is 0 Å². The SMILES string of the molecule is CCCCCCCCc1cnc(-c2ccc(OCCCCCCOc3ccc(C(=O)Oc4ccc(-c5ccccc5)cc4)cc3OCCCCCCOc3ccc(-c4ncc(CCCCCCCC)cn4)cc3)cc2)nc1. The fraction of sp³-hybridized carbons (Fsp3) is 0.418. The molecule has 0 aliphatic carbocycles. The third-order valence-corrected chi connectivity index (χ3v) is 13.8. The Balaban J connectivity index is 0.807. The second kappa shape index (κ2) is 33.9. The van der Waals surface area contributed by atoms with Gasteiger partial charge in [-0.15, -0.1) is 0 Å². The molecule has 0 fully saturated rings. The van der Waals surface area contributed by atoms with Gasteiger partial charge in [-0.05, 0) is 178 Å². The summed E-state index contributed by atoms with van der Waals surface area (Å²) in [6.45, 7) is 6.80. The van der Waals surface area contributed by atoms with Crippen LogP contribution in [0.15, 0.2) is 146 Å². The number of rotatable bonds is 37. The largest absolute Gasteiger partial charge is 0.494 e. The molecule has 0 unspecified atom stereocenters. The van der Waals surface area contributed by atoms with Crippen molar-refractivity contribution in [3.05, 3.63) is 163 Å². The van der Waals surface area contributed by atoms with Crippen LogP contribution in [0.2, 0.25) is 0 Å². The molecule has 0 radical (unpaired) electrons. The van der Waals surface area contributed by atoms with Crippen molar-refractivity contribution >= 4 is 5.97 Å². The van der Waals surface area contributed by atoms with E-state index in [-0.39, 0.29) is 0 Å². The molecule has 0 amide bonds. The van der Waals surface area contributed by atoms with Crippen molar-refractivity contribution < 1.29 is 28.5 Å². The van der Waals surface area contributed by atoms with E-state index in [1.54, 1.807) is 12.1 Å². The van der Waals surface area contributed by atoms with Gasteiger partial charge in [-0.3, -0.25) is 0 Å². The summed E-state index contributed by atoms with van der Waals surface area (Å²) in [7, 11) is 0. The van der Waals surface area contributed by atoms with Crippen LogP contribution in [-0.2, 0) is 12.8 Å². The number of hydrogen-bond donors (Lipinski definition) is 0. The van der Waals surface area contributed by atoms with Gasteiger partial charge >= 0.3 is 5.97 Å². The van der Waals surface area contributed by atoms with Crippen molar-refractivity contribution in [1.29, 1.82) is 0 Å². The lowest BCUT2D eigenvalue weighted by atomic mass is 10.1. The van der Waals surface area contributed by atoms with Gasteiger partial charge in [-0.25, -0.2) is 24.7 Å². The first kappa shape index (κ1) is 57.6. The first-order valence-corrected chi connectivity index (χ1v) is 28.9. The van der Waals surface area contributed by atoms with Gasteiger partial charge in [0.25, 0.3) is 0 Å². The maximum Gasteiger partial charge on any atom is 0.343 e. The van der Waals surface area contributed by atoms with Crippen LogP contribution in [0.3, 0.4) is 0 Å². The highest BCUT2D eigenvalue weighted by molar-refractivity contribution is 5.92. The van der Waals surface area contributed by atoms with Gasteiger partial charge in [0.1, 0.15) is 17.2 Å². The Kier molecular flexibility index (Phi) is 25.3. The third kappa shape index (κ3) is 20.8. The first-order chi connectivity index (χ1) is 38.0. The zero-order valence-corrected chi connectivity index (χ0v) is 46.0. The molecule has 7 rings (SSSR count). The molecular weight excluding hydrogens is 957 g/mol. The number of aromatic nitrogens is 4. The van der Waals surface area contributed by atoms with Gasteiger partial charge in [0, 0.05) is 35.9 Å². The van der Waals surface area contributed by atoms with E-state index in [1.807, 2.05) is 122 Å². The van der Waals surface area contributed by atoms with Crippen molar-refractivity contribution in [2.45, 2.75) is 155 Å². The standard InChI is InChI=1S/C67H82N4O6/c1-3-5-7-9-11-18-26-53-49-68-65(69-50-53)57-32-37-60(38-33-57)73-44-22-13-15-24-46-75-63-43-36-59(67(72)77-62-41-30-56(31-42-62)55-28-20-17-21-29-55)48-64(63)76-47-25-16-14-23-45-74-61-39-34-58(35-40-61)66-70-51-54(52-71-66)27-19-12-10-8-6-4-2/h17,20-21,28-43,48-52H,3-16,18-19,22-27,44-47H2,1-2H3. The van der Waals surface area contributed by atoms with E-state index in [0.717, 1.165) is 110 Å². The maximum atomic E-state index is 13.4. The highest BCUT2D eigenvalue weighted by Gasteiger charge is 2.15. The van der Waals surface area contributed by atoms with Crippen molar-refractivity contribution in [1.82, 2.24) is 19.9 Å². The molecule has 5 aromatic carbocycles. The van der Waals surface area contributed by atoms with Gasteiger partial charge in [0.15, 0.2) is 23.1 Å². The summed E-state index contributed by atoms with van der Waals surface area (Å²) in [4.78, 5) is 32.0. The first-order valence-electron chi connectivity index (χ1n) is 28.9. The lowest BCUT2D eigenvalue weighted by Crippen LogP contribution is -2.10. The Bertz CT molecular complexity index is 2700. The van der Waals surface area contributed by atoms with Crippen LogP contribution in [0, 0.1) is 0 Å². The number of carbonyl (C=O) groups is 1. The molecule has 406 valence electrons. The van der Waals surface area contributed by atoms with E-state index in [4.69, 9.17) is 23.7 Å². The third-order valence-electron chi connectivity index (χ3n) is 13.8. The second-order valence-corrected chi connectivity index (χ2v) is 20.1. The van der Waals surface area contributed by atoms with Crippen LogP contribution < -0.4 is 23.7 Å². The number of carbonyl (C=O) groups excluding carboxylic acids is 1. The monoisotopic (exact) mass is 1040 g/mol. The van der Waals surface area contributed by atoms with E-state index in [9.17, 15) is 4.79 Å². The van der Waals surface area contributed by atoms with Gasteiger partial charge in [0.05, 0.1) is 32.0 Å². The molecule has 0 N–H and O–H groups in total. The number of ether oxygens (including phenoxy) is 5. The van der Waals surface area contributed by atoms with Crippen molar-refractivity contribution in [3.8, 4) is 62.7 Å². The summed E-state index contributed by atoms with van der Waals surface area (Å²) in [6.07, 6.45) is 32.9. The Morgan fingerprint density at radius 2 is 0.753 bits per heavy atom. The zero-order valence-electron chi connectivity index (χ0n) is 46.0. The van der Waals surface area contributed by atoms with Gasteiger partial charge < -0.3 is 23.7 Å². The molecule has 0 bridgehead atoms. The van der Waals surface area contributed by atoms with Crippen LogP contribution in [0.25, 0.3) is 33.9 Å². The summed E-state index contributed by atoms with van der Waals surface area (Å²) in [5.74, 6) is 4.32. The predicted molar refractivity (Wildman–Crippen MR) is 311 cm³/mol. The molecule has 0 saturated carbocycles. The Morgan fingerprint density at radius 3 is 1.23 bits per heavy atom. The average molecular weight is 1040 g/mol. The number of esters is 1. The molecule has 0 spiro atoms. The summed E-state index contributed by atoms with van der Waals surface area (Å²) >= 11 is 0. The van der Waals surface area contributed by atoms with E-state index in [0.29, 0.717) is 49.2 Å². The number of nitrogens with zero attached hydrogens (tertiary/aromatic N) is 4. The minimum absolute atomic E-state index is 0.393. The van der Waals surface area contributed by atoms with Crippen molar-refractivity contribution in [3.63, 3.8) is 0 Å². The van der Waals surface area contributed by atoms with Gasteiger partial charge in [-0.2, -0.15) is 0 Å². The van der Waals surface area contributed by atoms with Crippen LogP contribution in [0.1, 0.15) is 164 Å². The Labute approximate surface area is 459 Å². The number of hydrogen-bond acceptors (Lipinski definition) is 10. The predicted octanol–water partition coefficient (Wildman–Crippen LogP) is 17.3. The fourth-order valence-electron chi connectivity index (χ4n) is 9.12. The van der Waals surface area contributed by atoms with Gasteiger partial charge in [0.2, 0.25) is 0 Å². The minimum atomic E-state index is -0.458. The average Bonchev–Trinajstić information content (AvgIpc) is 3.48. The van der Waals surface area contributed by atoms with Crippen molar-refractivity contribution in [2.24, 2.45) is 0 Å². The Morgan fingerprint density at radius 1 is 0.364 bits per heavy atom. The van der Waals surface area contributed by atoms with E-state index >= 15 is 0 Å². The summed E-state index contributed by atoms with van der Waals surface area (Å²) in [6, 6.07) is 39.0. The normalized spacial score (nSPS) is 11.1. The molecule has 7 aromatic rings. The van der Waals surface area contributed by atoms with E-state index in [2.05, 4.69) is 45.9 Å². The number of unbranched alkanes of at least 4 members (excludes halogenated alkanes) is 16. The zero-order chi connectivity index (χ0) is 53.4. The molecule has 2 aromatic heterocycles. The molecule has 0 saturated heterocycles. The summed E-state index contributed by atoms with van der Waals surface area (Å²) in [5.41, 5.74) is 6.91. The quantitative estimate of drug-likeness (QED) is 0.0212. The van der Waals surface area contributed by atoms with Crippen LogP contribution in [0.5, 0.6) is 28.7 Å². The molecular formula is C67H82N4O6. The van der Waals surface area contributed by atoms with Crippen LogP contribution in [-0.4, -0.2) is 52.3 Å². The molecule has 0 atom stereocenters. The van der Waals surface area contributed by atoms with E-state index < -0.39 is 5.97 Å². The summed E-state index contributed by atoms with van der Waals surface area (Å²) in [5, 5.41) is 0. The lowest BCUT2D eigenvalue weighted by Gasteiger charge is -2.14. The molecule has 0 aliphatic rings. The van der Waals surface area contributed by atoms with Crippen molar-refractivity contribution in [2.75, 3.05) is 26.4 Å². The lowest BCUT2D eigenvalue weighted by molar-refractivity contribution is 0.0734. The topological polar surface area (TPSA) is 115 Å². The molecule has 10 nitrogen and oxygen atoms in total. The minimum Gasteiger partial charge on any atom is -0.494 e. The Hall–Kier alpha value is -7.07.